The number of hydrogen-bond donors (Lipinski definition) is 2. The van der Waals surface area contributed by atoms with Gasteiger partial charge in [-0.3, -0.25) is 14.6 Å². The lowest BCUT2D eigenvalue weighted by Gasteiger charge is -2.20. The van der Waals surface area contributed by atoms with Crippen molar-refractivity contribution >= 4 is 17.2 Å². The molecule has 1 aliphatic carbocycles. The first-order chi connectivity index (χ1) is 17.9. The van der Waals surface area contributed by atoms with Crippen molar-refractivity contribution in [3.8, 4) is 5.75 Å². The number of rotatable bonds is 8. The predicted octanol–water partition coefficient (Wildman–Crippen LogP) is 3.85. The molecule has 0 saturated carbocycles. The van der Waals surface area contributed by atoms with Gasteiger partial charge in [0.1, 0.15) is 17.4 Å². The van der Waals surface area contributed by atoms with Crippen LogP contribution in [-0.2, 0) is 19.4 Å². The minimum atomic E-state index is -0.166. The van der Waals surface area contributed by atoms with Gasteiger partial charge in [0, 0.05) is 42.5 Å². The summed E-state index contributed by atoms with van der Waals surface area (Å²) in [5.41, 5.74) is 5.39. The molecule has 1 saturated heterocycles. The summed E-state index contributed by atoms with van der Waals surface area (Å²) < 4.78 is 6.10. The van der Waals surface area contributed by atoms with Gasteiger partial charge >= 0.3 is 4.87 Å². The summed E-state index contributed by atoms with van der Waals surface area (Å²) in [6.45, 7) is 9.35. The van der Waals surface area contributed by atoms with Crippen molar-refractivity contribution in [3.05, 3.63) is 73.1 Å². The van der Waals surface area contributed by atoms with Gasteiger partial charge < -0.3 is 15.0 Å². The van der Waals surface area contributed by atoms with Crippen molar-refractivity contribution in [2.24, 2.45) is 5.92 Å². The minimum Gasteiger partial charge on any atom is -0.489 e. The van der Waals surface area contributed by atoms with Crippen LogP contribution in [0.15, 0.2) is 35.1 Å². The molecule has 196 valence electrons. The van der Waals surface area contributed by atoms with E-state index >= 15 is 0 Å². The number of amides is 1. The Kier molecular flexibility index (Phi) is 7.71. The van der Waals surface area contributed by atoms with Crippen LogP contribution in [0.3, 0.4) is 0 Å². The maximum absolute atomic E-state index is 13.1. The highest BCUT2D eigenvalue weighted by molar-refractivity contribution is 7.08. The number of aromatic amines is 1. The van der Waals surface area contributed by atoms with E-state index in [2.05, 4.69) is 40.3 Å². The van der Waals surface area contributed by atoms with Gasteiger partial charge in [0.15, 0.2) is 0 Å². The summed E-state index contributed by atoms with van der Waals surface area (Å²) in [5, 5.41) is 10.7. The first-order valence-corrected chi connectivity index (χ1v) is 14.0. The molecule has 3 aromatic rings. The predicted molar refractivity (Wildman–Crippen MR) is 144 cm³/mol. The molecule has 2 atom stereocenters. The van der Waals surface area contributed by atoms with E-state index in [-0.39, 0.29) is 22.7 Å². The lowest BCUT2D eigenvalue weighted by Crippen LogP contribution is -2.40. The number of fused-ring (bicyclic) bond motifs is 1. The topological polar surface area (TPSA) is 100 Å². The van der Waals surface area contributed by atoms with E-state index in [4.69, 9.17) is 9.72 Å². The Morgan fingerprint density at radius 1 is 1.22 bits per heavy atom. The molecule has 3 heterocycles. The van der Waals surface area contributed by atoms with Crippen LogP contribution in [-0.4, -0.2) is 51.7 Å². The molecular formula is C28H35N5O3S. The fourth-order valence-electron chi connectivity index (χ4n) is 5.53. The third-order valence-electron chi connectivity index (χ3n) is 7.14. The van der Waals surface area contributed by atoms with E-state index in [0.717, 1.165) is 60.3 Å². The van der Waals surface area contributed by atoms with Gasteiger partial charge in [0.2, 0.25) is 0 Å². The number of likely N-dealkylation sites (tertiary alicyclic amines) is 1. The number of aryl methyl sites for hydroxylation is 2. The Bertz CT molecular complexity index is 1300. The second-order valence-corrected chi connectivity index (χ2v) is 11.6. The zero-order valence-electron chi connectivity index (χ0n) is 21.8. The Morgan fingerprint density at radius 2 is 2.00 bits per heavy atom. The van der Waals surface area contributed by atoms with E-state index in [1.165, 1.54) is 29.7 Å². The van der Waals surface area contributed by atoms with Crippen LogP contribution in [0.1, 0.15) is 70.5 Å². The van der Waals surface area contributed by atoms with Crippen LogP contribution in [0.2, 0.25) is 0 Å². The van der Waals surface area contributed by atoms with E-state index in [9.17, 15) is 9.59 Å². The highest BCUT2D eigenvalue weighted by Gasteiger charge is 2.37. The van der Waals surface area contributed by atoms with Crippen molar-refractivity contribution in [1.82, 2.24) is 25.4 Å². The summed E-state index contributed by atoms with van der Waals surface area (Å²) >= 11 is 1.13. The van der Waals surface area contributed by atoms with Gasteiger partial charge in [-0.25, -0.2) is 5.10 Å². The molecule has 8 nitrogen and oxygen atoms in total. The molecular weight excluding hydrogens is 486 g/mol. The maximum atomic E-state index is 13.1. The number of hydrogen-bond acceptors (Lipinski definition) is 7. The first-order valence-electron chi connectivity index (χ1n) is 13.2. The SMILES string of the molecule is Cc1cc(COc2ccc(C(=O)N[C@@H]3CN(CC(C)C)C[C@@H]3c3n[nH]c(=O)s3)cc2)c2c(n1)CCCC2. The molecule has 9 heteroatoms. The molecule has 0 radical (unpaired) electrons. The normalized spacial score (nSPS) is 19.7. The fourth-order valence-corrected chi connectivity index (χ4v) is 6.30. The van der Waals surface area contributed by atoms with Crippen LogP contribution >= 0.6 is 11.3 Å². The summed E-state index contributed by atoms with van der Waals surface area (Å²) in [6.07, 6.45) is 4.51. The van der Waals surface area contributed by atoms with Gasteiger partial charge in [-0.2, -0.15) is 5.10 Å². The highest BCUT2D eigenvalue weighted by atomic mass is 32.1. The van der Waals surface area contributed by atoms with Gasteiger partial charge in [-0.15, -0.1) is 0 Å². The third kappa shape index (κ3) is 6.10. The van der Waals surface area contributed by atoms with Crippen molar-refractivity contribution < 1.29 is 9.53 Å². The number of benzene rings is 1. The number of nitrogens with zero attached hydrogens (tertiary/aromatic N) is 3. The minimum absolute atomic E-state index is 0.0102. The average molecular weight is 522 g/mol. The molecule has 5 rings (SSSR count). The first kappa shape index (κ1) is 25.6. The van der Waals surface area contributed by atoms with E-state index in [0.29, 0.717) is 18.1 Å². The number of nitrogens with one attached hydrogen (secondary N) is 2. The summed E-state index contributed by atoms with van der Waals surface area (Å²) in [6, 6.07) is 9.34. The molecule has 1 amide bonds. The molecule has 1 aliphatic heterocycles. The van der Waals surface area contributed by atoms with Gasteiger partial charge in [0.05, 0.1) is 6.04 Å². The molecule has 0 spiro atoms. The molecule has 2 aliphatic rings. The van der Waals surface area contributed by atoms with Crippen LogP contribution in [0.25, 0.3) is 0 Å². The largest absolute Gasteiger partial charge is 0.489 e. The van der Waals surface area contributed by atoms with Gasteiger partial charge in [-0.1, -0.05) is 25.2 Å². The molecule has 37 heavy (non-hydrogen) atoms. The molecule has 2 aromatic heterocycles. The highest BCUT2D eigenvalue weighted by Crippen LogP contribution is 2.29. The number of ether oxygens (including phenoxy) is 1. The summed E-state index contributed by atoms with van der Waals surface area (Å²) in [7, 11) is 0. The van der Waals surface area contributed by atoms with E-state index < -0.39 is 0 Å². The third-order valence-corrected chi connectivity index (χ3v) is 8.02. The summed E-state index contributed by atoms with van der Waals surface area (Å²) in [5.74, 6) is 1.11. The van der Waals surface area contributed by atoms with Crippen LogP contribution in [0, 0.1) is 12.8 Å². The van der Waals surface area contributed by atoms with Gasteiger partial charge in [-0.05, 0) is 80.0 Å². The van der Waals surface area contributed by atoms with Crippen molar-refractivity contribution in [2.75, 3.05) is 19.6 Å². The lowest BCUT2D eigenvalue weighted by molar-refractivity contribution is 0.0935. The monoisotopic (exact) mass is 521 g/mol. The number of pyridine rings is 1. The zero-order chi connectivity index (χ0) is 25.9. The Balaban J connectivity index is 1.23. The Hall–Kier alpha value is -3.04. The van der Waals surface area contributed by atoms with Crippen LogP contribution in [0.4, 0.5) is 0 Å². The number of carbonyl (C=O) groups excluding carboxylic acids is 1. The van der Waals surface area contributed by atoms with Crippen molar-refractivity contribution in [3.63, 3.8) is 0 Å². The number of aromatic nitrogens is 3. The lowest BCUT2D eigenvalue weighted by atomic mass is 9.92. The van der Waals surface area contributed by atoms with Crippen LogP contribution in [0.5, 0.6) is 5.75 Å². The van der Waals surface area contributed by atoms with E-state index in [1.807, 2.05) is 19.1 Å². The summed E-state index contributed by atoms with van der Waals surface area (Å²) in [4.78, 5) is 31.7. The van der Waals surface area contributed by atoms with Crippen molar-refractivity contribution in [1.29, 1.82) is 0 Å². The quantitative estimate of drug-likeness (QED) is 0.467. The fraction of sp³-hybridized carbons (Fsp3) is 0.500. The zero-order valence-corrected chi connectivity index (χ0v) is 22.6. The van der Waals surface area contributed by atoms with E-state index in [1.54, 1.807) is 12.1 Å². The molecule has 1 aromatic carbocycles. The smallest absolute Gasteiger partial charge is 0.322 e. The average Bonchev–Trinajstić information content (AvgIpc) is 3.47. The number of H-pyrrole nitrogens is 1. The molecule has 0 bridgehead atoms. The Labute approximate surface area is 221 Å². The second-order valence-electron chi connectivity index (χ2n) is 10.6. The second kappa shape index (κ2) is 11.1. The number of carbonyl (C=O) groups is 1. The van der Waals surface area contributed by atoms with Gasteiger partial charge in [0.25, 0.3) is 5.91 Å². The standard InChI is InChI=1S/C28H35N5O3S/c1-17(2)13-33-14-23(27-31-32-28(35)37-27)25(15-33)30-26(34)19-8-10-21(11-9-19)36-16-20-12-18(3)29-24-7-5-4-6-22(20)24/h8-12,17,23,25H,4-7,13-16H2,1-3H3,(H,30,34)(H,32,35)/t23-,25+/m0/s1. The molecule has 1 fully saturated rings. The molecule has 0 unspecified atom stereocenters. The maximum Gasteiger partial charge on any atom is 0.322 e. The Morgan fingerprint density at radius 3 is 2.73 bits per heavy atom. The van der Waals surface area contributed by atoms with Crippen molar-refractivity contribution in [2.45, 2.75) is 65.0 Å². The molecule has 2 N–H and O–H groups in total. The van der Waals surface area contributed by atoms with Crippen LogP contribution < -0.4 is 14.9 Å².